The maximum Gasteiger partial charge on any atom is 0.339 e. The number of amides is 1. The Labute approximate surface area is 315 Å². The number of aliphatic hydroxyl groups excluding tert-OH is 1. The molecule has 2 aromatic carbocycles. The molecule has 0 aromatic heterocycles. The van der Waals surface area contributed by atoms with Gasteiger partial charge in [-0.2, -0.15) is 0 Å². The van der Waals surface area contributed by atoms with Crippen LogP contribution in [0.15, 0.2) is 48.6 Å². The molecule has 2 aromatic rings. The summed E-state index contributed by atoms with van der Waals surface area (Å²) in [5.74, 6) is 0.827. The van der Waals surface area contributed by atoms with Gasteiger partial charge >= 0.3 is 5.97 Å². The number of hydrogen-bond donors (Lipinski definition) is 1. The molecule has 10 nitrogen and oxygen atoms in total. The van der Waals surface area contributed by atoms with E-state index in [1.807, 2.05) is 25.2 Å². The van der Waals surface area contributed by atoms with E-state index in [1.54, 1.807) is 17.9 Å². The highest BCUT2D eigenvalue weighted by Crippen LogP contribution is 2.43. The van der Waals surface area contributed by atoms with Gasteiger partial charge in [0, 0.05) is 63.7 Å². The first-order valence-electron chi connectivity index (χ1n) is 19.0. The Morgan fingerprint density at radius 2 is 2.00 bits per heavy atom. The number of carbonyl (C=O) groups is 2. The Bertz CT molecular complexity index is 1520. The second-order valence-corrected chi connectivity index (χ2v) is 15.0. The van der Waals surface area contributed by atoms with Crippen LogP contribution in [0.4, 0.5) is 5.69 Å². The third-order valence-electron chi connectivity index (χ3n) is 11.1. The van der Waals surface area contributed by atoms with Gasteiger partial charge in [0.05, 0.1) is 45.3 Å². The van der Waals surface area contributed by atoms with Gasteiger partial charge in [-0.15, -0.1) is 0 Å². The normalized spacial score (nSPS) is 23.2. The summed E-state index contributed by atoms with van der Waals surface area (Å²) < 4.78 is 23.7. The average Bonchev–Trinajstić information content (AvgIpc) is 3.30. The van der Waals surface area contributed by atoms with Crippen LogP contribution < -0.4 is 9.64 Å². The van der Waals surface area contributed by atoms with E-state index in [0.29, 0.717) is 49.7 Å². The zero-order valence-corrected chi connectivity index (χ0v) is 32.4. The molecule has 3 aliphatic rings. The second kappa shape index (κ2) is 19.3. The molecule has 2 fully saturated rings. The molecule has 0 bridgehead atoms. The molecule has 1 N–H and O–H groups in total. The maximum absolute atomic E-state index is 12.4. The van der Waals surface area contributed by atoms with Crippen LogP contribution in [0.1, 0.15) is 75.2 Å². The second-order valence-electron chi connectivity index (χ2n) is 14.6. The highest BCUT2D eigenvalue weighted by Gasteiger charge is 2.39. The number of morpholine rings is 1. The van der Waals surface area contributed by atoms with Crippen LogP contribution >= 0.6 is 11.6 Å². The molecular formula is C41H58ClN3O7. The van der Waals surface area contributed by atoms with Crippen molar-refractivity contribution in [2.24, 2.45) is 11.8 Å². The number of esters is 1. The Morgan fingerprint density at radius 3 is 2.71 bits per heavy atom. The molecule has 0 radical (unpaired) electrons. The quantitative estimate of drug-likeness (QED) is 0.163. The highest BCUT2D eigenvalue weighted by atomic mass is 35.5. The van der Waals surface area contributed by atoms with Gasteiger partial charge < -0.3 is 33.9 Å². The minimum Gasteiger partial charge on any atom is -0.491 e. The van der Waals surface area contributed by atoms with Crippen molar-refractivity contribution in [2.75, 3.05) is 78.2 Å². The number of aliphatic hydroxyl groups is 1. The molecule has 0 spiro atoms. The van der Waals surface area contributed by atoms with Gasteiger partial charge in [-0.05, 0) is 85.4 Å². The molecule has 6 atom stereocenters. The van der Waals surface area contributed by atoms with Crippen molar-refractivity contribution in [1.29, 1.82) is 0 Å². The summed E-state index contributed by atoms with van der Waals surface area (Å²) in [7, 11) is 3.11. The van der Waals surface area contributed by atoms with Gasteiger partial charge in [-0.25, -0.2) is 4.79 Å². The number of fused-ring (bicyclic) bond motifs is 1. The molecule has 1 amide bonds. The maximum atomic E-state index is 12.4. The van der Waals surface area contributed by atoms with Crippen LogP contribution in [0, 0.1) is 11.8 Å². The third-order valence-corrected chi connectivity index (χ3v) is 11.3. The van der Waals surface area contributed by atoms with Crippen molar-refractivity contribution in [2.45, 2.75) is 77.0 Å². The lowest BCUT2D eigenvalue weighted by atomic mass is 9.70. The Kier molecular flexibility index (Phi) is 14.8. The Hall–Kier alpha value is -3.15. The standard InChI is InChI=1S/C41H58ClN3O7/c1-6-9-30-22-34(42)13-15-35(30)33-25-45(37-23-31(40(47)41(48)49-5)12-16-39(37)52-27-33)24-32-11-14-36(32)38(10-7-8-17-43(4)29(3)46)51-21-19-44-18-20-50-26-28(44)2/h7,10,12-13,15-16,22-23,28,32-33,36,38,40,47H,6,8-9,11,14,17-21,24-27H2,1-5H3/b10-7+. The van der Waals surface area contributed by atoms with Crippen molar-refractivity contribution >= 4 is 29.2 Å². The molecule has 11 heteroatoms. The fourth-order valence-electron chi connectivity index (χ4n) is 7.66. The molecule has 1 aliphatic carbocycles. The summed E-state index contributed by atoms with van der Waals surface area (Å²) in [5, 5.41) is 11.5. The third kappa shape index (κ3) is 10.3. The summed E-state index contributed by atoms with van der Waals surface area (Å²) in [6.07, 6.45) is 7.75. The molecule has 1 saturated heterocycles. The lowest BCUT2D eigenvalue weighted by Crippen LogP contribution is -2.47. The fraction of sp³-hybridized carbons (Fsp3) is 0.610. The Morgan fingerprint density at radius 1 is 1.17 bits per heavy atom. The number of methoxy groups -OCH3 is 1. The van der Waals surface area contributed by atoms with Gasteiger partial charge in [-0.1, -0.05) is 49.2 Å². The molecular weight excluding hydrogens is 682 g/mol. The number of aryl methyl sites for hydroxylation is 1. The van der Waals surface area contributed by atoms with Crippen LogP contribution in [0.5, 0.6) is 5.75 Å². The lowest BCUT2D eigenvalue weighted by Gasteiger charge is -2.44. The number of nitrogens with zero attached hydrogens (tertiary/aromatic N) is 3. The lowest BCUT2D eigenvalue weighted by molar-refractivity contribution is -0.150. The number of benzene rings is 2. The van der Waals surface area contributed by atoms with Gasteiger partial charge in [-0.3, -0.25) is 9.69 Å². The summed E-state index contributed by atoms with van der Waals surface area (Å²) in [5.41, 5.74) is 3.81. The zero-order chi connectivity index (χ0) is 37.2. The van der Waals surface area contributed by atoms with Crippen LogP contribution in [0.25, 0.3) is 0 Å². The zero-order valence-electron chi connectivity index (χ0n) is 31.6. The van der Waals surface area contributed by atoms with Crippen LogP contribution in [-0.2, 0) is 30.2 Å². The summed E-state index contributed by atoms with van der Waals surface area (Å²) in [6.45, 7) is 12.5. The molecule has 52 heavy (non-hydrogen) atoms. The van der Waals surface area contributed by atoms with E-state index in [9.17, 15) is 14.7 Å². The summed E-state index contributed by atoms with van der Waals surface area (Å²) in [4.78, 5) is 30.7. The van der Waals surface area contributed by atoms with Gasteiger partial charge in [0.2, 0.25) is 5.91 Å². The first-order chi connectivity index (χ1) is 25.1. The highest BCUT2D eigenvalue weighted by molar-refractivity contribution is 6.30. The molecule has 1 saturated carbocycles. The van der Waals surface area contributed by atoms with Crippen molar-refractivity contribution in [3.05, 3.63) is 70.3 Å². The van der Waals surface area contributed by atoms with Crippen molar-refractivity contribution in [3.63, 3.8) is 0 Å². The van der Waals surface area contributed by atoms with Crippen molar-refractivity contribution in [3.8, 4) is 5.75 Å². The predicted octanol–water partition coefficient (Wildman–Crippen LogP) is 6.04. The minimum atomic E-state index is -1.39. The van der Waals surface area contributed by atoms with E-state index < -0.39 is 12.1 Å². The smallest absolute Gasteiger partial charge is 0.339 e. The van der Waals surface area contributed by atoms with Gasteiger partial charge in [0.15, 0.2) is 6.10 Å². The van der Waals surface area contributed by atoms with E-state index in [4.69, 9.17) is 30.5 Å². The first kappa shape index (κ1) is 40.0. The predicted molar refractivity (Wildman–Crippen MR) is 204 cm³/mol. The summed E-state index contributed by atoms with van der Waals surface area (Å²) >= 11 is 6.47. The first-order valence-corrected chi connectivity index (χ1v) is 19.3. The monoisotopic (exact) mass is 739 g/mol. The number of hydrogen-bond acceptors (Lipinski definition) is 9. The molecule has 286 valence electrons. The van der Waals surface area contributed by atoms with Gasteiger partial charge in [0.25, 0.3) is 0 Å². The van der Waals surface area contributed by atoms with E-state index in [-0.39, 0.29) is 17.9 Å². The van der Waals surface area contributed by atoms with Crippen LogP contribution in [0.3, 0.4) is 0 Å². The average molecular weight is 740 g/mol. The van der Waals surface area contributed by atoms with Gasteiger partial charge in [0.1, 0.15) is 5.75 Å². The summed E-state index contributed by atoms with van der Waals surface area (Å²) in [6, 6.07) is 12.0. The molecule has 5 rings (SSSR count). The molecule has 6 unspecified atom stereocenters. The van der Waals surface area contributed by atoms with Crippen molar-refractivity contribution in [1.82, 2.24) is 9.80 Å². The van der Waals surface area contributed by atoms with E-state index in [0.717, 1.165) is 81.4 Å². The van der Waals surface area contributed by atoms with Crippen LogP contribution in [-0.4, -0.2) is 112 Å². The van der Waals surface area contributed by atoms with E-state index >= 15 is 0 Å². The largest absolute Gasteiger partial charge is 0.491 e. The number of halogens is 1. The topological polar surface area (TPSA) is 101 Å². The molecule has 2 heterocycles. The SMILES string of the molecule is CCCc1cc(Cl)ccc1C1COc2ccc(C(O)C(=O)OC)cc2N(CC2CCC2C(/C=C/CCN(C)C(C)=O)OCCN2CCOCC2C)C1. The Balaban J connectivity index is 1.39. The number of ether oxygens (including phenoxy) is 4. The molecule has 2 aliphatic heterocycles. The number of carbonyl (C=O) groups excluding carboxylic acids is 2. The van der Waals surface area contributed by atoms with E-state index in [2.05, 4.69) is 47.9 Å². The number of anilines is 1. The van der Waals surface area contributed by atoms with Crippen LogP contribution in [0.2, 0.25) is 5.02 Å². The fourth-order valence-corrected chi connectivity index (χ4v) is 7.86. The number of rotatable bonds is 16. The van der Waals surface area contributed by atoms with E-state index in [1.165, 1.54) is 18.2 Å². The minimum absolute atomic E-state index is 0.0579. The van der Waals surface area contributed by atoms with Crippen molar-refractivity contribution < 1.29 is 33.6 Å².